The molecule has 0 aromatic carbocycles. The third-order valence-corrected chi connectivity index (χ3v) is 4.07. The molecule has 9 heteroatoms. The number of hydrogen-bond acceptors (Lipinski definition) is 5. The largest absolute Gasteiger partial charge is 0.631 e. The van der Waals surface area contributed by atoms with Gasteiger partial charge < -0.3 is 24.9 Å². The zero-order chi connectivity index (χ0) is 17.8. The Bertz CT molecular complexity index is 318. The van der Waals surface area contributed by atoms with E-state index in [0.29, 0.717) is 12.8 Å². The van der Waals surface area contributed by atoms with Crippen molar-refractivity contribution in [3.05, 3.63) is 0 Å². The van der Waals surface area contributed by atoms with Crippen LogP contribution < -0.4 is 0 Å². The van der Waals surface area contributed by atoms with Crippen LogP contribution in [0.15, 0.2) is 0 Å². The van der Waals surface area contributed by atoms with Gasteiger partial charge in [-0.15, -0.1) is 0 Å². The van der Waals surface area contributed by atoms with E-state index in [4.69, 9.17) is 19.8 Å². The van der Waals surface area contributed by atoms with Crippen molar-refractivity contribution in [3.8, 4) is 0 Å². The highest BCUT2D eigenvalue weighted by Gasteiger charge is 2.44. The zero-order valence-electron chi connectivity index (χ0n) is 13.4. The van der Waals surface area contributed by atoms with Crippen molar-refractivity contribution in [1.29, 1.82) is 0 Å². The molecule has 1 aliphatic rings. The molecule has 1 aliphatic carbocycles. The molecule has 5 nitrogen and oxygen atoms in total. The molecule has 0 spiro atoms. The number of aliphatic hydroxyl groups is 1. The molecule has 0 atom stereocenters. The highest BCUT2D eigenvalue weighted by atomic mass is 19.4. The topological polar surface area (TPSA) is 90.2 Å². The Balaban J connectivity index is 0.000000980. The molecule has 0 bridgehead atoms. The summed E-state index contributed by atoms with van der Waals surface area (Å²) in [6.45, 7) is 6.83. The maximum Gasteiger partial charge on any atom is 0.631 e. The Kier molecular flexibility index (Phi) is 7.84. The van der Waals surface area contributed by atoms with Gasteiger partial charge in [0.25, 0.3) is 0 Å². The average Bonchev–Trinajstić information content (AvgIpc) is 2.25. The van der Waals surface area contributed by atoms with Gasteiger partial charge >= 0.3 is 13.5 Å². The van der Waals surface area contributed by atoms with Crippen LogP contribution in [0.5, 0.6) is 0 Å². The van der Waals surface area contributed by atoms with Crippen LogP contribution in [0.3, 0.4) is 0 Å². The third kappa shape index (κ3) is 7.78. The first-order valence-corrected chi connectivity index (χ1v) is 7.18. The van der Waals surface area contributed by atoms with Crippen molar-refractivity contribution in [2.24, 2.45) is 5.92 Å². The molecular formula is C13H26BF3O5. The van der Waals surface area contributed by atoms with Gasteiger partial charge in [-0.2, -0.15) is 13.2 Å². The number of alkyl halides is 3. The molecule has 0 unspecified atom stereocenters. The van der Waals surface area contributed by atoms with E-state index >= 15 is 0 Å². The first-order valence-electron chi connectivity index (χ1n) is 7.18. The first kappa shape index (κ1) is 21.7. The van der Waals surface area contributed by atoms with E-state index in [1.165, 1.54) is 0 Å². The molecule has 4 N–H and O–H groups in total. The summed E-state index contributed by atoms with van der Waals surface area (Å²) in [6, 6.07) is 0. The highest BCUT2D eigenvalue weighted by molar-refractivity contribution is 6.30. The molecule has 0 amide bonds. The Hall–Kier alpha value is -0.345. The fraction of sp³-hybridized carbons (Fsp3) is 1.00. The summed E-state index contributed by atoms with van der Waals surface area (Å²) in [6.07, 6.45) is -3.22. The lowest BCUT2D eigenvalue weighted by Crippen LogP contribution is -2.50. The second kappa shape index (κ2) is 7.96. The van der Waals surface area contributed by atoms with Crippen molar-refractivity contribution in [2.45, 2.75) is 76.9 Å². The standard InChI is InChI=1S/C13H23F3O2.BH3O3/c1-11(2,17)12(3,4)18-10-7-5-9(6-8-10)13(14,15)16;2-1(3)4/h9-10,17H,5-8H2,1-4H3;2-4H. The van der Waals surface area contributed by atoms with Crippen molar-refractivity contribution >= 4 is 7.32 Å². The molecule has 132 valence electrons. The van der Waals surface area contributed by atoms with E-state index in [1.807, 2.05) is 0 Å². The molecule has 1 fully saturated rings. The Morgan fingerprint density at radius 1 is 0.909 bits per heavy atom. The van der Waals surface area contributed by atoms with Crippen LogP contribution in [-0.2, 0) is 4.74 Å². The monoisotopic (exact) mass is 330 g/mol. The molecule has 1 rings (SSSR count). The van der Waals surface area contributed by atoms with Gasteiger partial charge in [-0.25, -0.2) is 0 Å². The summed E-state index contributed by atoms with van der Waals surface area (Å²) in [5.41, 5.74) is -1.78. The quantitative estimate of drug-likeness (QED) is 0.591. The number of rotatable bonds is 3. The number of ether oxygens (including phenoxy) is 1. The van der Waals surface area contributed by atoms with Crippen molar-refractivity contribution in [2.75, 3.05) is 0 Å². The molecule has 0 aromatic rings. The summed E-state index contributed by atoms with van der Waals surface area (Å²) < 4.78 is 43.3. The van der Waals surface area contributed by atoms with Gasteiger partial charge in [0.05, 0.1) is 23.2 Å². The van der Waals surface area contributed by atoms with E-state index in [0.717, 1.165) is 0 Å². The fourth-order valence-electron chi connectivity index (χ4n) is 2.07. The second-order valence-corrected chi connectivity index (χ2v) is 6.55. The minimum absolute atomic E-state index is 0.121. The van der Waals surface area contributed by atoms with Crippen LogP contribution >= 0.6 is 0 Å². The molecule has 0 saturated heterocycles. The van der Waals surface area contributed by atoms with Gasteiger partial charge in [0, 0.05) is 0 Å². The lowest BCUT2D eigenvalue weighted by atomic mass is 9.85. The molecule has 1 saturated carbocycles. The van der Waals surface area contributed by atoms with Gasteiger partial charge in [0.15, 0.2) is 0 Å². The molecule has 0 aliphatic heterocycles. The Morgan fingerprint density at radius 3 is 1.55 bits per heavy atom. The maximum atomic E-state index is 12.5. The predicted molar refractivity (Wildman–Crippen MR) is 75.7 cm³/mol. The molecule has 0 aromatic heterocycles. The minimum atomic E-state index is -4.09. The smallest absolute Gasteiger partial charge is 0.402 e. The summed E-state index contributed by atoms with van der Waals surface area (Å²) in [4.78, 5) is 0. The maximum absolute atomic E-state index is 12.5. The molecule has 22 heavy (non-hydrogen) atoms. The van der Waals surface area contributed by atoms with E-state index in [9.17, 15) is 18.3 Å². The fourth-order valence-corrected chi connectivity index (χ4v) is 2.07. The SMILES string of the molecule is CC(C)(O)C(C)(C)OC1CCC(C(F)(F)F)CC1.OB(O)O. The van der Waals surface area contributed by atoms with Gasteiger partial charge in [0.1, 0.15) is 0 Å². The third-order valence-electron chi connectivity index (χ3n) is 4.07. The molecule has 0 radical (unpaired) electrons. The minimum Gasteiger partial charge on any atom is -0.402 e. The zero-order valence-corrected chi connectivity index (χ0v) is 13.4. The molecular weight excluding hydrogens is 304 g/mol. The lowest BCUT2D eigenvalue weighted by molar-refractivity contribution is -0.208. The van der Waals surface area contributed by atoms with Gasteiger partial charge in [-0.1, -0.05) is 0 Å². The van der Waals surface area contributed by atoms with E-state index < -0.39 is 30.6 Å². The molecule has 0 heterocycles. The van der Waals surface area contributed by atoms with Crippen LogP contribution in [0.1, 0.15) is 53.4 Å². The van der Waals surface area contributed by atoms with E-state index in [2.05, 4.69) is 0 Å². The summed E-state index contributed by atoms with van der Waals surface area (Å²) >= 11 is 0. The van der Waals surface area contributed by atoms with E-state index in [1.54, 1.807) is 27.7 Å². The van der Waals surface area contributed by atoms with Crippen LogP contribution in [0.4, 0.5) is 13.2 Å². The van der Waals surface area contributed by atoms with Crippen molar-refractivity contribution in [3.63, 3.8) is 0 Å². The van der Waals surface area contributed by atoms with Crippen molar-refractivity contribution < 1.29 is 38.1 Å². The van der Waals surface area contributed by atoms with E-state index in [-0.39, 0.29) is 18.9 Å². The number of hydrogen-bond donors (Lipinski definition) is 4. The van der Waals surface area contributed by atoms with Crippen LogP contribution in [0.25, 0.3) is 0 Å². The summed E-state index contributed by atoms with van der Waals surface area (Å²) in [7, 11) is -2.17. The van der Waals surface area contributed by atoms with Crippen LogP contribution in [0.2, 0.25) is 0 Å². The van der Waals surface area contributed by atoms with Gasteiger partial charge in [-0.3, -0.25) is 0 Å². The summed E-state index contributed by atoms with van der Waals surface area (Å²) in [5.74, 6) is -1.19. The Labute approximate surface area is 129 Å². The Morgan fingerprint density at radius 2 is 1.27 bits per heavy atom. The summed E-state index contributed by atoms with van der Waals surface area (Å²) in [5, 5.41) is 31.5. The lowest BCUT2D eigenvalue weighted by Gasteiger charge is -2.41. The number of halogens is 3. The van der Waals surface area contributed by atoms with Crippen LogP contribution in [0, 0.1) is 5.92 Å². The predicted octanol–water partition coefficient (Wildman–Crippen LogP) is 1.62. The first-order chi connectivity index (χ1) is 9.67. The van der Waals surface area contributed by atoms with Crippen molar-refractivity contribution in [1.82, 2.24) is 0 Å². The van der Waals surface area contributed by atoms with Gasteiger partial charge in [0.2, 0.25) is 0 Å². The average molecular weight is 330 g/mol. The highest BCUT2D eigenvalue weighted by Crippen LogP contribution is 2.40. The normalized spacial score (nSPS) is 23.6. The van der Waals surface area contributed by atoms with Gasteiger partial charge in [-0.05, 0) is 53.4 Å². The van der Waals surface area contributed by atoms with Crippen LogP contribution in [-0.4, -0.2) is 51.0 Å². The second-order valence-electron chi connectivity index (χ2n) is 6.55.